The Morgan fingerprint density at radius 3 is 2.71 bits per heavy atom. The molecule has 7 heteroatoms. The maximum atomic E-state index is 11.5. The maximum Gasteiger partial charge on any atom is 0.358 e. The molecule has 0 atom stereocenters. The minimum Gasteiger partial charge on any atom is -0.464 e. The number of hydrogen-bond donors (Lipinski definition) is 0. The topological polar surface area (TPSA) is 69.2 Å². The Labute approximate surface area is 105 Å². The van der Waals surface area contributed by atoms with Crippen LogP contribution < -0.4 is 0 Å². The van der Waals surface area contributed by atoms with Crippen molar-refractivity contribution in [3.05, 3.63) is 21.5 Å². The molecule has 0 aromatic carbocycles. The summed E-state index contributed by atoms with van der Waals surface area (Å²) in [4.78, 5) is 31.4. The van der Waals surface area contributed by atoms with Crippen LogP contribution in [-0.2, 0) is 4.74 Å². The molecular weight excluding hydrogens is 260 g/mol. The quantitative estimate of drug-likeness (QED) is 0.631. The smallest absolute Gasteiger partial charge is 0.358 e. The van der Waals surface area contributed by atoms with Gasteiger partial charge in [-0.05, 0) is 0 Å². The van der Waals surface area contributed by atoms with E-state index in [1.807, 2.05) is 5.38 Å². The number of methoxy groups -OCH3 is 1. The molecule has 88 valence electrons. The van der Waals surface area contributed by atoms with Gasteiger partial charge in [-0.1, -0.05) is 0 Å². The highest BCUT2D eigenvalue weighted by Crippen LogP contribution is 2.28. The van der Waals surface area contributed by atoms with E-state index in [-0.39, 0.29) is 11.5 Å². The average molecular weight is 268 g/mol. The zero-order valence-electron chi connectivity index (χ0n) is 9.09. The number of carbonyl (C=O) groups is 2. The van der Waals surface area contributed by atoms with Gasteiger partial charge < -0.3 is 4.74 Å². The van der Waals surface area contributed by atoms with Gasteiger partial charge in [-0.15, -0.1) is 22.7 Å². The lowest BCUT2D eigenvalue weighted by Crippen LogP contribution is -2.06. The lowest BCUT2D eigenvalue weighted by molar-refractivity contribution is 0.0591. The van der Waals surface area contributed by atoms with Gasteiger partial charge in [0.05, 0.1) is 12.6 Å². The van der Waals surface area contributed by atoms with E-state index in [9.17, 15) is 9.59 Å². The molecule has 2 aromatic heterocycles. The first-order chi connectivity index (χ1) is 8.13. The van der Waals surface area contributed by atoms with Gasteiger partial charge in [0.1, 0.15) is 15.6 Å². The number of hydrogen-bond acceptors (Lipinski definition) is 7. The molecule has 0 N–H and O–H groups in total. The van der Waals surface area contributed by atoms with Gasteiger partial charge in [0, 0.05) is 12.3 Å². The summed E-state index contributed by atoms with van der Waals surface area (Å²) in [6.45, 7) is 1.39. The summed E-state index contributed by atoms with van der Waals surface area (Å²) in [5.74, 6) is -0.808. The van der Waals surface area contributed by atoms with Crippen molar-refractivity contribution in [3.63, 3.8) is 0 Å². The van der Waals surface area contributed by atoms with E-state index in [2.05, 4.69) is 14.7 Å². The Hall–Kier alpha value is -1.60. The predicted molar refractivity (Wildman–Crippen MR) is 64.6 cm³/mol. The third kappa shape index (κ3) is 2.25. The third-order valence-corrected chi connectivity index (χ3v) is 3.74. The zero-order valence-corrected chi connectivity index (χ0v) is 10.7. The van der Waals surface area contributed by atoms with Crippen molar-refractivity contribution in [2.24, 2.45) is 0 Å². The number of aromatic nitrogens is 2. The minimum absolute atomic E-state index is 0.0630. The van der Waals surface area contributed by atoms with Gasteiger partial charge in [-0.25, -0.2) is 14.8 Å². The first-order valence-electron chi connectivity index (χ1n) is 4.62. The highest BCUT2D eigenvalue weighted by molar-refractivity contribution is 7.17. The van der Waals surface area contributed by atoms with Gasteiger partial charge in [0.15, 0.2) is 11.5 Å². The molecule has 0 aliphatic heterocycles. The fraction of sp³-hybridized carbons (Fsp3) is 0.200. The summed E-state index contributed by atoms with van der Waals surface area (Å²) in [7, 11) is 1.26. The number of nitrogens with zero attached hydrogens (tertiary/aromatic N) is 2. The van der Waals surface area contributed by atoms with Gasteiger partial charge in [0.2, 0.25) is 0 Å². The van der Waals surface area contributed by atoms with E-state index in [1.165, 1.54) is 25.4 Å². The van der Waals surface area contributed by atoms with Crippen molar-refractivity contribution in [2.45, 2.75) is 6.92 Å². The molecule has 5 nitrogen and oxygen atoms in total. The molecule has 0 aliphatic rings. The molecule has 2 heterocycles. The van der Waals surface area contributed by atoms with E-state index >= 15 is 0 Å². The van der Waals surface area contributed by atoms with E-state index in [0.29, 0.717) is 15.6 Å². The molecule has 0 fully saturated rings. The zero-order chi connectivity index (χ0) is 12.4. The van der Waals surface area contributed by atoms with Crippen LogP contribution >= 0.6 is 22.7 Å². The molecule has 0 unspecified atom stereocenters. The number of esters is 1. The van der Waals surface area contributed by atoms with Crippen molar-refractivity contribution < 1.29 is 14.3 Å². The third-order valence-electron chi connectivity index (χ3n) is 1.98. The fourth-order valence-electron chi connectivity index (χ4n) is 1.22. The first kappa shape index (κ1) is 11.9. The van der Waals surface area contributed by atoms with Gasteiger partial charge in [-0.3, -0.25) is 4.79 Å². The van der Waals surface area contributed by atoms with E-state index in [4.69, 9.17) is 0 Å². The molecule has 0 saturated carbocycles. The van der Waals surface area contributed by atoms with Crippen LogP contribution in [0.4, 0.5) is 0 Å². The van der Waals surface area contributed by atoms with Crippen LogP contribution in [0.1, 0.15) is 27.1 Å². The standard InChI is InChI=1S/C10H8N2O3S2/c1-5(13)8-7(10(14)15-2)12-9(17-8)6-3-16-4-11-6/h3-4H,1-2H3. The molecule has 0 saturated heterocycles. The number of thiazole rings is 2. The molecular formula is C10H8N2O3S2. The number of ketones is 1. The largest absolute Gasteiger partial charge is 0.464 e. The Morgan fingerprint density at radius 1 is 1.41 bits per heavy atom. The summed E-state index contributed by atoms with van der Waals surface area (Å²) in [6, 6.07) is 0. The minimum atomic E-state index is -0.604. The molecule has 2 rings (SSSR count). The maximum absolute atomic E-state index is 11.5. The summed E-state index contributed by atoms with van der Waals surface area (Å²) < 4.78 is 4.59. The van der Waals surface area contributed by atoms with Crippen LogP contribution in [0.25, 0.3) is 10.7 Å². The van der Waals surface area contributed by atoms with Gasteiger partial charge in [-0.2, -0.15) is 0 Å². The Morgan fingerprint density at radius 2 is 2.18 bits per heavy atom. The van der Waals surface area contributed by atoms with Crippen molar-refractivity contribution in [1.82, 2.24) is 9.97 Å². The second-order valence-electron chi connectivity index (χ2n) is 3.12. The fourth-order valence-corrected chi connectivity index (χ4v) is 2.75. The summed E-state index contributed by atoms with van der Waals surface area (Å²) in [6.07, 6.45) is 0. The summed E-state index contributed by atoms with van der Waals surface area (Å²) in [5, 5.41) is 2.36. The number of Topliss-reactive ketones (excluding diaryl/α,β-unsaturated/α-hetero) is 1. The molecule has 2 aromatic rings. The average Bonchev–Trinajstić information content (AvgIpc) is 2.95. The number of ether oxygens (including phenoxy) is 1. The van der Waals surface area contributed by atoms with Crippen molar-refractivity contribution in [2.75, 3.05) is 7.11 Å². The predicted octanol–water partition coefficient (Wildman–Crippen LogP) is 2.26. The normalized spacial score (nSPS) is 10.2. The lowest BCUT2D eigenvalue weighted by atomic mass is 10.3. The molecule has 0 radical (unpaired) electrons. The highest BCUT2D eigenvalue weighted by atomic mass is 32.1. The SMILES string of the molecule is COC(=O)c1nc(-c2cscn2)sc1C(C)=O. The lowest BCUT2D eigenvalue weighted by Gasteiger charge is -1.95. The Balaban J connectivity index is 2.52. The molecule has 0 bridgehead atoms. The van der Waals surface area contributed by atoms with Crippen molar-refractivity contribution in [1.29, 1.82) is 0 Å². The van der Waals surface area contributed by atoms with E-state index < -0.39 is 5.97 Å². The van der Waals surface area contributed by atoms with E-state index in [1.54, 1.807) is 5.51 Å². The van der Waals surface area contributed by atoms with E-state index in [0.717, 1.165) is 11.3 Å². The van der Waals surface area contributed by atoms with Crippen molar-refractivity contribution >= 4 is 34.4 Å². The second kappa shape index (κ2) is 4.72. The molecule has 0 amide bonds. The molecule has 0 aliphatic carbocycles. The first-order valence-corrected chi connectivity index (χ1v) is 6.38. The van der Waals surface area contributed by atoms with Crippen LogP contribution in [0.15, 0.2) is 10.9 Å². The second-order valence-corrected chi connectivity index (χ2v) is 4.84. The van der Waals surface area contributed by atoms with Crippen LogP contribution in [0.2, 0.25) is 0 Å². The Kier molecular flexibility index (Phi) is 3.30. The van der Waals surface area contributed by atoms with Gasteiger partial charge >= 0.3 is 5.97 Å². The molecule has 0 spiro atoms. The summed E-state index contributed by atoms with van der Waals surface area (Å²) >= 11 is 2.58. The summed E-state index contributed by atoms with van der Waals surface area (Å²) in [5.41, 5.74) is 2.40. The highest BCUT2D eigenvalue weighted by Gasteiger charge is 2.22. The van der Waals surface area contributed by atoms with Crippen LogP contribution in [-0.4, -0.2) is 28.8 Å². The van der Waals surface area contributed by atoms with Crippen LogP contribution in [0.3, 0.4) is 0 Å². The van der Waals surface area contributed by atoms with Crippen LogP contribution in [0.5, 0.6) is 0 Å². The van der Waals surface area contributed by atoms with Crippen molar-refractivity contribution in [3.8, 4) is 10.7 Å². The van der Waals surface area contributed by atoms with Gasteiger partial charge in [0.25, 0.3) is 0 Å². The number of rotatable bonds is 3. The van der Waals surface area contributed by atoms with Crippen LogP contribution in [0, 0.1) is 0 Å². The monoisotopic (exact) mass is 268 g/mol. The Bertz CT molecular complexity index is 560. The molecule has 17 heavy (non-hydrogen) atoms. The number of carbonyl (C=O) groups excluding carboxylic acids is 2.